The second kappa shape index (κ2) is 9.62. The van der Waals surface area contributed by atoms with Crippen LogP contribution in [-0.2, 0) is 23.1 Å². The van der Waals surface area contributed by atoms with Crippen molar-refractivity contribution in [3.8, 4) is 11.3 Å². The summed E-state index contributed by atoms with van der Waals surface area (Å²) in [7, 11) is 4.81. The molecule has 4 aromatic rings. The fourth-order valence-corrected chi connectivity index (χ4v) is 5.13. The Morgan fingerprint density at radius 3 is 2.84 bits per heavy atom. The number of anilines is 3. The van der Waals surface area contributed by atoms with Gasteiger partial charge in [-0.2, -0.15) is 0 Å². The van der Waals surface area contributed by atoms with Crippen molar-refractivity contribution in [3.63, 3.8) is 0 Å². The van der Waals surface area contributed by atoms with Crippen LogP contribution in [0.2, 0.25) is 0 Å². The molecule has 0 spiro atoms. The molecule has 12 heteroatoms. The monoisotopic (exact) mass is 518 g/mol. The highest BCUT2D eigenvalue weighted by atomic mass is 19.1. The summed E-state index contributed by atoms with van der Waals surface area (Å²) in [5.74, 6) is -0.748. The molecule has 2 aliphatic heterocycles. The Morgan fingerprint density at radius 1 is 1.26 bits per heavy atom. The minimum atomic E-state index is -0.714. The Morgan fingerprint density at radius 2 is 2.13 bits per heavy atom. The number of carbonyl (C=O) groups is 1. The van der Waals surface area contributed by atoms with Crippen molar-refractivity contribution in [2.45, 2.75) is 25.1 Å². The van der Waals surface area contributed by atoms with Gasteiger partial charge in [0.05, 0.1) is 49.1 Å². The number of halogens is 1. The Bertz CT molecular complexity index is 1540. The molecule has 2 bridgehead atoms. The van der Waals surface area contributed by atoms with Gasteiger partial charge >= 0.3 is 5.97 Å². The van der Waals surface area contributed by atoms with E-state index in [0.717, 1.165) is 30.7 Å². The molecular formula is C26H27FN8O3. The van der Waals surface area contributed by atoms with E-state index in [4.69, 9.17) is 9.47 Å². The number of morpholine rings is 1. The van der Waals surface area contributed by atoms with Crippen LogP contribution in [0.25, 0.3) is 22.3 Å². The van der Waals surface area contributed by atoms with E-state index in [2.05, 4.69) is 35.5 Å². The first-order valence-corrected chi connectivity index (χ1v) is 12.3. The fraction of sp³-hybridized carbons (Fsp3) is 0.346. The Labute approximate surface area is 218 Å². The highest BCUT2D eigenvalue weighted by Crippen LogP contribution is 2.34. The molecule has 5 heterocycles. The number of aryl methyl sites for hydroxylation is 1. The molecule has 1 aromatic carbocycles. The second-order valence-electron chi connectivity index (χ2n) is 9.48. The zero-order valence-electron chi connectivity index (χ0n) is 21.2. The minimum Gasteiger partial charge on any atom is -0.464 e. The number of hydrogen-bond acceptors (Lipinski definition) is 10. The molecule has 2 aliphatic rings. The van der Waals surface area contributed by atoms with E-state index < -0.39 is 11.8 Å². The number of benzene rings is 1. The molecule has 196 valence electrons. The average Bonchev–Trinajstić information content (AvgIpc) is 3.66. The van der Waals surface area contributed by atoms with Gasteiger partial charge in [0.15, 0.2) is 17.3 Å². The number of methoxy groups -OCH3 is 1. The maximum Gasteiger partial charge on any atom is 0.360 e. The van der Waals surface area contributed by atoms with Crippen LogP contribution in [0.4, 0.5) is 21.7 Å². The van der Waals surface area contributed by atoms with Gasteiger partial charge in [0.2, 0.25) is 0 Å². The number of imidazole rings is 1. The van der Waals surface area contributed by atoms with Crippen LogP contribution in [-0.4, -0.2) is 74.8 Å². The van der Waals surface area contributed by atoms with Crippen LogP contribution in [0, 0.1) is 5.82 Å². The molecule has 2 saturated heterocycles. The Kier molecular flexibility index (Phi) is 6.12. The van der Waals surface area contributed by atoms with E-state index >= 15 is 4.39 Å². The summed E-state index contributed by atoms with van der Waals surface area (Å²) in [6, 6.07) is 5.40. The second-order valence-corrected chi connectivity index (χ2v) is 9.48. The van der Waals surface area contributed by atoms with Crippen molar-refractivity contribution in [2.75, 3.05) is 37.9 Å². The molecule has 6 rings (SSSR count). The summed E-state index contributed by atoms with van der Waals surface area (Å²) >= 11 is 0. The number of nitrogens with zero attached hydrogens (tertiary/aromatic N) is 6. The number of rotatable bonds is 7. The molecule has 0 radical (unpaired) electrons. The molecule has 0 saturated carbocycles. The lowest BCUT2D eigenvalue weighted by atomic mass is 10.1. The number of hydrogen-bond donors (Lipinski definition) is 2. The van der Waals surface area contributed by atoms with Crippen molar-refractivity contribution >= 4 is 34.3 Å². The third-order valence-corrected chi connectivity index (χ3v) is 7.09. The SMILES string of the molecule is CNc1nc(Nc2ccc(CN3C[C@H]4C[C@@H]3CO4)cc2F)c(C(=O)OC)nc1-c1cncc2c1ncn2C. The molecule has 0 unspecified atom stereocenters. The van der Waals surface area contributed by atoms with E-state index in [1.54, 1.807) is 31.8 Å². The van der Waals surface area contributed by atoms with Gasteiger partial charge in [0.1, 0.15) is 17.0 Å². The van der Waals surface area contributed by atoms with Gasteiger partial charge in [-0.1, -0.05) is 6.07 Å². The smallest absolute Gasteiger partial charge is 0.360 e. The molecule has 2 fully saturated rings. The summed E-state index contributed by atoms with van der Waals surface area (Å²) in [4.78, 5) is 33.0. The lowest BCUT2D eigenvalue weighted by molar-refractivity contribution is 0.0273. The van der Waals surface area contributed by atoms with Gasteiger partial charge in [-0.3, -0.25) is 9.88 Å². The van der Waals surface area contributed by atoms with Crippen molar-refractivity contribution in [1.82, 2.24) is 29.4 Å². The Hall–Kier alpha value is -4.16. The van der Waals surface area contributed by atoms with E-state index in [1.165, 1.54) is 13.2 Å². The normalized spacial score (nSPS) is 18.7. The number of fused-ring (bicyclic) bond motifs is 3. The molecule has 0 aliphatic carbocycles. The van der Waals surface area contributed by atoms with Crippen LogP contribution in [0.1, 0.15) is 22.5 Å². The zero-order valence-corrected chi connectivity index (χ0v) is 21.2. The molecule has 0 amide bonds. The van der Waals surface area contributed by atoms with Crippen LogP contribution in [0.15, 0.2) is 36.9 Å². The summed E-state index contributed by atoms with van der Waals surface area (Å²) in [6.45, 7) is 2.25. The third kappa shape index (κ3) is 4.21. The Balaban J connectivity index is 1.34. The number of pyridine rings is 1. The highest BCUT2D eigenvalue weighted by molar-refractivity contribution is 5.98. The molecule has 3 aromatic heterocycles. The maximum absolute atomic E-state index is 15.2. The summed E-state index contributed by atoms with van der Waals surface area (Å²) in [5.41, 5.74) is 3.35. The number of ether oxygens (including phenoxy) is 2. The number of aromatic nitrogens is 5. The van der Waals surface area contributed by atoms with Crippen molar-refractivity contribution < 1.29 is 18.7 Å². The quantitative estimate of drug-likeness (QED) is 0.353. The van der Waals surface area contributed by atoms with E-state index in [1.807, 2.05) is 17.7 Å². The number of likely N-dealkylation sites (tertiary alicyclic amines) is 1. The number of carbonyl (C=O) groups excluding carboxylic acids is 1. The largest absolute Gasteiger partial charge is 0.464 e. The van der Waals surface area contributed by atoms with Gasteiger partial charge in [-0.15, -0.1) is 0 Å². The third-order valence-electron chi connectivity index (χ3n) is 7.09. The molecule has 2 atom stereocenters. The topological polar surface area (TPSA) is 119 Å². The van der Waals surface area contributed by atoms with Gasteiger partial charge in [0, 0.05) is 39.4 Å². The molecule has 2 N–H and O–H groups in total. The molecular weight excluding hydrogens is 491 g/mol. The molecule has 38 heavy (non-hydrogen) atoms. The van der Waals surface area contributed by atoms with Gasteiger partial charge in [-0.25, -0.2) is 24.1 Å². The van der Waals surface area contributed by atoms with Crippen molar-refractivity contribution in [1.29, 1.82) is 0 Å². The van der Waals surface area contributed by atoms with Gasteiger partial charge in [0.25, 0.3) is 0 Å². The summed E-state index contributed by atoms with van der Waals surface area (Å²) in [5, 5.41) is 5.96. The van der Waals surface area contributed by atoms with Crippen molar-refractivity contribution in [2.24, 2.45) is 7.05 Å². The first-order chi connectivity index (χ1) is 18.4. The standard InChI is InChI=1S/C26H27FN8O3/c1-28-24-22(17-8-29-9-20-21(17)30-13-34(20)2)32-23(26(36)37-3)25(33-24)31-19-5-4-14(6-18(19)27)10-35-11-16-7-15(35)12-38-16/h4-6,8-9,13,15-16H,7,10-12H2,1-3H3,(H2,28,31,33)/t15-,16-/m1/s1. The lowest BCUT2D eigenvalue weighted by Crippen LogP contribution is -2.36. The first kappa shape index (κ1) is 24.2. The highest BCUT2D eigenvalue weighted by Gasteiger charge is 2.38. The fourth-order valence-electron chi connectivity index (χ4n) is 5.13. The minimum absolute atomic E-state index is 0.0618. The van der Waals surface area contributed by atoms with Crippen LogP contribution in [0.3, 0.4) is 0 Å². The lowest BCUT2D eigenvalue weighted by Gasteiger charge is -2.26. The predicted molar refractivity (Wildman–Crippen MR) is 139 cm³/mol. The summed E-state index contributed by atoms with van der Waals surface area (Å²) in [6.07, 6.45) is 6.31. The number of nitrogens with one attached hydrogen (secondary N) is 2. The zero-order chi connectivity index (χ0) is 26.4. The van der Waals surface area contributed by atoms with Gasteiger partial charge in [-0.05, 0) is 24.1 Å². The van der Waals surface area contributed by atoms with Crippen LogP contribution in [0.5, 0.6) is 0 Å². The van der Waals surface area contributed by atoms with Crippen LogP contribution < -0.4 is 10.6 Å². The van der Waals surface area contributed by atoms with Crippen molar-refractivity contribution in [3.05, 3.63) is 54.0 Å². The molecule has 11 nitrogen and oxygen atoms in total. The van der Waals surface area contributed by atoms with E-state index in [-0.39, 0.29) is 23.3 Å². The number of esters is 1. The van der Waals surface area contributed by atoms with E-state index in [0.29, 0.717) is 35.2 Å². The summed E-state index contributed by atoms with van der Waals surface area (Å²) < 4.78 is 27.7. The van der Waals surface area contributed by atoms with Gasteiger partial charge < -0.3 is 24.7 Å². The average molecular weight is 519 g/mol. The predicted octanol–water partition coefficient (Wildman–Crippen LogP) is 3.11. The first-order valence-electron chi connectivity index (χ1n) is 12.3. The van der Waals surface area contributed by atoms with E-state index in [9.17, 15) is 4.79 Å². The van der Waals surface area contributed by atoms with Crippen LogP contribution >= 0.6 is 0 Å². The maximum atomic E-state index is 15.2.